The lowest BCUT2D eigenvalue weighted by Gasteiger charge is -2.06. The van der Waals surface area contributed by atoms with Gasteiger partial charge in [0, 0.05) is 0 Å². The van der Waals surface area contributed by atoms with E-state index in [-0.39, 0.29) is 0 Å². The fourth-order valence-electron chi connectivity index (χ4n) is 0.906. The highest BCUT2D eigenvalue weighted by Gasteiger charge is 2.05. The van der Waals surface area contributed by atoms with Crippen LogP contribution in [-0.4, -0.2) is 12.9 Å². The van der Waals surface area contributed by atoms with Gasteiger partial charge in [-0.2, -0.15) is 0 Å². The van der Waals surface area contributed by atoms with E-state index in [1.807, 2.05) is 0 Å². The minimum absolute atomic E-state index is 0.362. The van der Waals surface area contributed by atoms with Crippen molar-refractivity contribution in [1.82, 2.24) is 0 Å². The van der Waals surface area contributed by atoms with Gasteiger partial charge in [0.1, 0.15) is 12.4 Å². The number of ether oxygens (including phenoxy) is 1. The van der Waals surface area contributed by atoms with E-state index >= 15 is 0 Å². The van der Waals surface area contributed by atoms with Crippen LogP contribution in [0.3, 0.4) is 0 Å². The van der Waals surface area contributed by atoms with Crippen LogP contribution in [0.1, 0.15) is 10.4 Å². The van der Waals surface area contributed by atoms with E-state index in [0.717, 1.165) is 0 Å². The zero-order valence-electron chi connectivity index (χ0n) is 7.00. The van der Waals surface area contributed by atoms with E-state index in [2.05, 4.69) is 6.58 Å². The Balaban J connectivity index is 2.97. The lowest BCUT2D eigenvalue weighted by atomic mass is 10.2. The molecule has 0 saturated heterocycles. The second-order valence-corrected chi connectivity index (χ2v) is 2.78. The average Bonchev–Trinajstić information content (AvgIpc) is 2.15. The molecule has 1 aromatic carbocycles. The summed E-state index contributed by atoms with van der Waals surface area (Å²) in [5, 5.41) is 0.400. The summed E-state index contributed by atoms with van der Waals surface area (Å²) in [6.07, 6.45) is 2.29. The van der Waals surface area contributed by atoms with E-state index in [0.29, 0.717) is 29.2 Å². The van der Waals surface area contributed by atoms with Crippen LogP contribution < -0.4 is 4.74 Å². The monoisotopic (exact) mass is 196 g/mol. The Bertz CT molecular complexity index is 321. The van der Waals surface area contributed by atoms with Gasteiger partial charge in [-0.3, -0.25) is 4.79 Å². The van der Waals surface area contributed by atoms with E-state index in [9.17, 15) is 4.79 Å². The molecule has 68 valence electrons. The smallest absolute Gasteiger partial charge is 0.155 e. The lowest BCUT2D eigenvalue weighted by Crippen LogP contribution is -1.96. The number of hydrogen-bond acceptors (Lipinski definition) is 2. The molecule has 1 rings (SSSR count). The van der Waals surface area contributed by atoms with Crippen molar-refractivity contribution in [2.45, 2.75) is 0 Å². The van der Waals surface area contributed by atoms with Gasteiger partial charge in [-0.25, -0.2) is 0 Å². The summed E-state index contributed by atoms with van der Waals surface area (Å²) in [5.41, 5.74) is 0.381. The van der Waals surface area contributed by atoms with Crippen molar-refractivity contribution in [3.63, 3.8) is 0 Å². The van der Waals surface area contributed by atoms with Crippen LogP contribution in [0.25, 0.3) is 0 Å². The molecule has 0 unspecified atom stereocenters. The largest absolute Gasteiger partial charge is 0.489 e. The van der Waals surface area contributed by atoms with E-state index < -0.39 is 0 Å². The predicted octanol–water partition coefficient (Wildman–Crippen LogP) is 2.72. The Labute approximate surface area is 81.8 Å². The molecule has 1 aromatic rings. The molecular formula is C10H9ClO2. The van der Waals surface area contributed by atoms with Crippen LogP contribution in [0, 0.1) is 0 Å². The van der Waals surface area contributed by atoms with Gasteiger partial charge >= 0.3 is 0 Å². The van der Waals surface area contributed by atoms with Crippen LogP contribution in [0.4, 0.5) is 0 Å². The highest BCUT2D eigenvalue weighted by atomic mass is 35.5. The molecule has 13 heavy (non-hydrogen) atoms. The highest BCUT2D eigenvalue weighted by Crippen LogP contribution is 2.24. The van der Waals surface area contributed by atoms with Crippen LogP contribution in [-0.2, 0) is 0 Å². The van der Waals surface area contributed by atoms with Crippen LogP contribution in [0.5, 0.6) is 5.75 Å². The molecule has 0 radical (unpaired) electrons. The number of carbonyl (C=O) groups is 1. The molecule has 0 aliphatic carbocycles. The van der Waals surface area contributed by atoms with Gasteiger partial charge in [0.2, 0.25) is 0 Å². The SMILES string of the molecule is C=CCOc1cccc(Cl)c1C=O. The van der Waals surface area contributed by atoms with Gasteiger partial charge in [0.05, 0.1) is 10.6 Å². The summed E-state index contributed by atoms with van der Waals surface area (Å²) in [6.45, 7) is 3.87. The first-order chi connectivity index (χ1) is 6.29. The minimum Gasteiger partial charge on any atom is -0.489 e. The molecule has 0 saturated carbocycles. The Morgan fingerprint density at radius 3 is 2.92 bits per heavy atom. The summed E-state index contributed by atoms with van der Waals surface area (Å²) >= 11 is 5.77. The predicted molar refractivity (Wildman–Crippen MR) is 52.5 cm³/mol. The molecule has 0 aliphatic rings. The van der Waals surface area contributed by atoms with Crippen LogP contribution in [0.2, 0.25) is 5.02 Å². The lowest BCUT2D eigenvalue weighted by molar-refractivity contribution is 0.112. The number of aldehydes is 1. The molecule has 0 bridgehead atoms. The van der Waals surface area contributed by atoms with Crippen molar-refractivity contribution in [1.29, 1.82) is 0 Å². The zero-order chi connectivity index (χ0) is 9.68. The fraction of sp³-hybridized carbons (Fsp3) is 0.100. The Morgan fingerprint density at radius 1 is 1.54 bits per heavy atom. The third kappa shape index (κ3) is 2.33. The molecular weight excluding hydrogens is 188 g/mol. The molecule has 2 nitrogen and oxygen atoms in total. The quantitative estimate of drug-likeness (QED) is 0.547. The van der Waals surface area contributed by atoms with Gasteiger partial charge in [-0.15, -0.1) is 0 Å². The highest BCUT2D eigenvalue weighted by molar-refractivity contribution is 6.33. The van der Waals surface area contributed by atoms with Crippen molar-refractivity contribution < 1.29 is 9.53 Å². The van der Waals surface area contributed by atoms with Crippen molar-refractivity contribution in [2.75, 3.05) is 6.61 Å². The van der Waals surface area contributed by atoms with E-state index in [4.69, 9.17) is 16.3 Å². The van der Waals surface area contributed by atoms with Gasteiger partial charge in [0.25, 0.3) is 0 Å². The standard InChI is InChI=1S/C10H9ClO2/c1-2-6-13-10-5-3-4-9(11)8(10)7-12/h2-5,7H,1,6H2. The van der Waals surface area contributed by atoms with Gasteiger partial charge in [0.15, 0.2) is 6.29 Å². The van der Waals surface area contributed by atoms with Crippen molar-refractivity contribution in [2.24, 2.45) is 0 Å². The van der Waals surface area contributed by atoms with Gasteiger partial charge in [-0.05, 0) is 12.1 Å². The molecule has 0 atom stereocenters. The summed E-state index contributed by atoms with van der Waals surface area (Å²) in [5.74, 6) is 0.488. The first-order valence-electron chi connectivity index (χ1n) is 3.77. The maximum atomic E-state index is 10.6. The molecule has 0 spiro atoms. The van der Waals surface area contributed by atoms with Crippen molar-refractivity contribution >= 4 is 17.9 Å². The second-order valence-electron chi connectivity index (χ2n) is 2.37. The minimum atomic E-state index is 0.362. The van der Waals surface area contributed by atoms with Gasteiger partial charge in [-0.1, -0.05) is 30.3 Å². The maximum absolute atomic E-state index is 10.6. The maximum Gasteiger partial charge on any atom is 0.155 e. The normalized spacial score (nSPS) is 9.31. The molecule has 0 amide bonds. The molecule has 0 N–H and O–H groups in total. The number of hydrogen-bond donors (Lipinski definition) is 0. The molecule has 0 heterocycles. The third-order valence-electron chi connectivity index (χ3n) is 1.49. The van der Waals surface area contributed by atoms with Crippen LogP contribution in [0.15, 0.2) is 30.9 Å². The molecule has 0 aliphatic heterocycles. The summed E-state index contributed by atoms with van der Waals surface area (Å²) < 4.78 is 5.22. The van der Waals surface area contributed by atoms with E-state index in [1.165, 1.54) is 0 Å². The Kier molecular flexibility index (Phi) is 3.53. The summed E-state index contributed by atoms with van der Waals surface area (Å²) in [7, 11) is 0. The van der Waals surface area contributed by atoms with Crippen LogP contribution >= 0.6 is 11.6 Å². The Morgan fingerprint density at radius 2 is 2.31 bits per heavy atom. The fourth-order valence-corrected chi connectivity index (χ4v) is 1.12. The topological polar surface area (TPSA) is 26.3 Å². The molecule has 0 aromatic heterocycles. The molecule has 3 heteroatoms. The van der Waals surface area contributed by atoms with Gasteiger partial charge < -0.3 is 4.74 Å². The first-order valence-corrected chi connectivity index (χ1v) is 4.14. The van der Waals surface area contributed by atoms with Crippen molar-refractivity contribution in [3.05, 3.63) is 41.4 Å². The Hall–Kier alpha value is -1.28. The number of carbonyl (C=O) groups excluding carboxylic acids is 1. The average molecular weight is 197 g/mol. The summed E-state index contributed by atoms with van der Waals surface area (Å²) in [6, 6.07) is 5.07. The second kappa shape index (κ2) is 4.67. The molecule has 0 fully saturated rings. The van der Waals surface area contributed by atoms with Crippen molar-refractivity contribution in [3.8, 4) is 5.75 Å². The summed E-state index contributed by atoms with van der Waals surface area (Å²) in [4.78, 5) is 10.6. The number of rotatable bonds is 4. The third-order valence-corrected chi connectivity index (χ3v) is 1.82. The first kappa shape index (κ1) is 9.81. The number of benzene rings is 1. The van der Waals surface area contributed by atoms with E-state index in [1.54, 1.807) is 24.3 Å². The zero-order valence-corrected chi connectivity index (χ0v) is 7.75. The number of halogens is 1.